The van der Waals surface area contributed by atoms with Gasteiger partial charge in [0.15, 0.2) is 0 Å². The van der Waals surface area contributed by atoms with E-state index >= 15 is 0 Å². The first-order valence-electron chi connectivity index (χ1n) is 10.6. The third kappa shape index (κ3) is 4.73. The van der Waals surface area contributed by atoms with Crippen molar-refractivity contribution in [3.05, 3.63) is 126 Å². The van der Waals surface area contributed by atoms with Crippen molar-refractivity contribution in [2.45, 2.75) is 5.92 Å². The fourth-order valence-corrected chi connectivity index (χ4v) is 4.63. The second kappa shape index (κ2) is 9.59. The molecule has 1 amide bonds. The summed E-state index contributed by atoms with van der Waals surface area (Å²) in [6.07, 6.45) is 3.53. The lowest BCUT2D eigenvalue weighted by atomic mass is 9.90. The molecule has 0 saturated carbocycles. The largest absolute Gasteiger partial charge is 0.325 e. The molecule has 0 atom stereocenters. The van der Waals surface area contributed by atoms with Gasteiger partial charge in [-0.3, -0.25) is 9.78 Å². The Hall–Kier alpha value is -4.09. The van der Waals surface area contributed by atoms with Crippen LogP contribution in [0.4, 0.5) is 5.69 Å². The van der Waals surface area contributed by atoms with E-state index < -0.39 is 5.92 Å². The molecule has 160 valence electrons. The maximum Gasteiger partial charge on any atom is 0.236 e. The molecule has 3 aromatic carbocycles. The van der Waals surface area contributed by atoms with E-state index in [0.29, 0.717) is 0 Å². The van der Waals surface area contributed by atoms with E-state index in [-0.39, 0.29) is 5.91 Å². The van der Waals surface area contributed by atoms with Crippen LogP contribution in [-0.4, -0.2) is 15.9 Å². The zero-order chi connectivity index (χ0) is 22.5. The Labute approximate surface area is 196 Å². The Bertz CT molecular complexity index is 1310. The van der Waals surface area contributed by atoms with Crippen LogP contribution in [0.2, 0.25) is 0 Å². The van der Waals surface area contributed by atoms with Crippen molar-refractivity contribution in [3.63, 3.8) is 0 Å². The number of nitrogens with zero attached hydrogens (tertiary/aromatic N) is 2. The van der Waals surface area contributed by atoms with E-state index in [9.17, 15) is 4.79 Å². The molecule has 0 unspecified atom stereocenters. The van der Waals surface area contributed by atoms with Gasteiger partial charge in [-0.2, -0.15) is 0 Å². The number of thiazole rings is 1. The number of rotatable bonds is 6. The number of hydrogen-bond donors (Lipinski definition) is 1. The van der Waals surface area contributed by atoms with Crippen LogP contribution in [0.3, 0.4) is 0 Å². The molecule has 2 heterocycles. The molecule has 0 aliphatic heterocycles. The highest BCUT2D eigenvalue weighted by molar-refractivity contribution is 7.13. The van der Waals surface area contributed by atoms with E-state index in [2.05, 4.69) is 10.3 Å². The van der Waals surface area contributed by atoms with Crippen LogP contribution in [0, 0.1) is 0 Å². The number of aromatic nitrogens is 2. The summed E-state index contributed by atoms with van der Waals surface area (Å²) < 4.78 is 0. The lowest BCUT2D eigenvalue weighted by molar-refractivity contribution is -0.116. The normalized spacial score (nSPS) is 10.8. The molecule has 0 aliphatic rings. The number of pyridine rings is 1. The van der Waals surface area contributed by atoms with Gasteiger partial charge in [-0.05, 0) is 35.4 Å². The van der Waals surface area contributed by atoms with E-state index in [4.69, 9.17) is 4.98 Å². The molecule has 0 aliphatic carbocycles. The summed E-state index contributed by atoms with van der Waals surface area (Å²) in [4.78, 5) is 22.3. The number of carbonyl (C=O) groups is 1. The lowest BCUT2D eigenvalue weighted by Crippen LogP contribution is -2.22. The van der Waals surface area contributed by atoms with E-state index in [0.717, 1.165) is 38.6 Å². The van der Waals surface area contributed by atoms with Crippen LogP contribution in [0.5, 0.6) is 0 Å². The summed E-state index contributed by atoms with van der Waals surface area (Å²) in [5.74, 6) is -0.464. The smallest absolute Gasteiger partial charge is 0.236 e. The fourth-order valence-electron chi connectivity index (χ4n) is 3.79. The van der Waals surface area contributed by atoms with Gasteiger partial charge in [0.25, 0.3) is 0 Å². The molecule has 0 radical (unpaired) electrons. The number of carbonyl (C=O) groups excluding carboxylic acids is 1. The van der Waals surface area contributed by atoms with Crippen LogP contribution in [0.1, 0.15) is 17.0 Å². The minimum absolute atomic E-state index is 0.0692. The molecule has 0 bridgehead atoms. The molecule has 5 rings (SSSR count). The number of anilines is 1. The molecular formula is C28H21N3OS. The van der Waals surface area contributed by atoms with Gasteiger partial charge in [0.1, 0.15) is 5.01 Å². The molecule has 5 heteroatoms. The molecule has 0 spiro atoms. The van der Waals surface area contributed by atoms with Crippen LogP contribution >= 0.6 is 11.3 Å². The summed E-state index contributed by atoms with van der Waals surface area (Å²) in [6.45, 7) is 0. The average molecular weight is 448 g/mol. The Morgan fingerprint density at radius 3 is 2.09 bits per heavy atom. The molecule has 1 N–H and O–H groups in total. The second-order valence-corrected chi connectivity index (χ2v) is 8.46. The predicted molar refractivity (Wildman–Crippen MR) is 134 cm³/mol. The van der Waals surface area contributed by atoms with Gasteiger partial charge in [-0.1, -0.05) is 72.8 Å². The van der Waals surface area contributed by atoms with Gasteiger partial charge in [-0.15, -0.1) is 11.3 Å². The quantitative estimate of drug-likeness (QED) is 0.317. The maximum absolute atomic E-state index is 13.4. The summed E-state index contributed by atoms with van der Waals surface area (Å²) in [7, 11) is 0. The second-order valence-electron chi connectivity index (χ2n) is 7.60. The van der Waals surface area contributed by atoms with Crippen molar-refractivity contribution in [2.75, 3.05) is 5.32 Å². The van der Waals surface area contributed by atoms with Crippen molar-refractivity contribution in [2.24, 2.45) is 0 Å². The molecule has 2 aromatic heterocycles. The molecular weight excluding hydrogens is 426 g/mol. The summed E-state index contributed by atoms with van der Waals surface area (Å²) in [5, 5.41) is 6.09. The number of nitrogens with one attached hydrogen (secondary N) is 1. The van der Waals surface area contributed by atoms with Crippen molar-refractivity contribution in [1.82, 2.24) is 9.97 Å². The van der Waals surface area contributed by atoms with Crippen molar-refractivity contribution in [3.8, 4) is 21.8 Å². The summed E-state index contributed by atoms with van der Waals surface area (Å²) >= 11 is 1.59. The predicted octanol–water partition coefficient (Wildman–Crippen LogP) is 6.64. The zero-order valence-electron chi connectivity index (χ0n) is 17.8. The van der Waals surface area contributed by atoms with Gasteiger partial charge in [0.05, 0.1) is 11.6 Å². The molecule has 5 aromatic rings. The monoisotopic (exact) mass is 447 g/mol. The van der Waals surface area contributed by atoms with Crippen LogP contribution < -0.4 is 5.32 Å². The molecule has 0 fully saturated rings. The maximum atomic E-state index is 13.4. The first kappa shape index (κ1) is 20.8. The standard InChI is InChI=1S/C28H21N3OS/c32-27(26(20-8-3-1-4-9-20)21-10-5-2-6-11-21)30-24-13-7-12-23(18-24)25-19-33-28(31-25)22-14-16-29-17-15-22/h1-19,26H,(H,30,32). The van der Waals surface area contributed by atoms with Crippen molar-refractivity contribution < 1.29 is 4.79 Å². The van der Waals surface area contributed by atoms with Crippen molar-refractivity contribution >= 4 is 22.9 Å². The van der Waals surface area contributed by atoms with E-state index in [1.807, 2.05) is 102 Å². The van der Waals surface area contributed by atoms with Gasteiger partial charge < -0.3 is 5.32 Å². The highest BCUT2D eigenvalue weighted by Crippen LogP contribution is 2.31. The number of hydrogen-bond acceptors (Lipinski definition) is 4. The Morgan fingerprint density at radius 1 is 0.758 bits per heavy atom. The average Bonchev–Trinajstić information content (AvgIpc) is 3.37. The summed E-state index contributed by atoms with van der Waals surface area (Å²) in [6, 6.07) is 31.4. The van der Waals surface area contributed by atoms with Gasteiger partial charge in [0.2, 0.25) is 5.91 Å². The molecule has 4 nitrogen and oxygen atoms in total. The third-order valence-corrected chi connectivity index (χ3v) is 6.28. The Kier molecular flexibility index (Phi) is 6.04. The highest BCUT2D eigenvalue weighted by atomic mass is 32.1. The van der Waals surface area contributed by atoms with Crippen molar-refractivity contribution in [1.29, 1.82) is 0 Å². The SMILES string of the molecule is O=C(Nc1cccc(-c2csc(-c3ccncc3)n2)c1)C(c1ccccc1)c1ccccc1. The lowest BCUT2D eigenvalue weighted by Gasteiger charge is -2.18. The van der Waals surface area contributed by atoms with E-state index in [1.165, 1.54) is 0 Å². The van der Waals surface area contributed by atoms with Crippen LogP contribution in [-0.2, 0) is 4.79 Å². The van der Waals surface area contributed by atoms with Gasteiger partial charge in [-0.25, -0.2) is 4.98 Å². The Balaban J connectivity index is 1.41. The fraction of sp³-hybridized carbons (Fsp3) is 0.0357. The first-order chi connectivity index (χ1) is 16.3. The van der Waals surface area contributed by atoms with Crippen LogP contribution in [0.25, 0.3) is 21.8 Å². The van der Waals surface area contributed by atoms with E-state index in [1.54, 1.807) is 23.7 Å². The topological polar surface area (TPSA) is 54.9 Å². The zero-order valence-corrected chi connectivity index (χ0v) is 18.6. The minimum Gasteiger partial charge on any atom is -0.325 e. The third-order valence-electron chi connectivity index (χ3n) is 5.39. The number of amides is 1. The van der Waals surface area contributed by atoms with Gasteiger partial charge >= 0.3 is 0 Å². The number of benzene rings is 3. The first-order valence-corrected chi connectivity index (χ1v) is 11.5. The molecule has 33 heavy (non-hydrogen) atoms. The minimum atomic E-state index is -0.395. The summed E-state index contributed by atoms with van der Waals surface area (Å²) in [5.41, 5.74) is 5.54. The van der Waals surface area contributed by atoms with Crippen LogP contribution in [0.15, 0.2) is 115 Å². The van der Waals surface area contributed by atoms with Gasteiger partial charge in [0, 0.05) is 34.6 Å². The highest BCUT2D eigenvalue weighted by Gasteiger charge is 2.22. The molecule has 0 saturated heterocycles. The Morgan fingerprint density at radius 2 is 1.42 bits per heavy atom.